The van der Waals surface area contributed by atoms with E-state index in [4.69, 9.17) is 5.73 Å². The first-order valence-corrected chi connectivity index (χ1v) is 7.43. The van der Waals surface area contributed by atoms with Gasteiger partial charge < -0.3 is 11.1 Å². The Balaban J connectivity index is 2.04. The van der Waals surface area contributed by atoms with Crippen LogP contribution in [0.3, 0.4) is 0 Å². The highest BCUT2D eigenvalue weighted by molar-refractivity contribution is 6.11. The predicted octanol–water partition coefficient (Wildman–Crippen LogP) is 3.42. The molecule has 0 aliphatic carbocycles. The number of hydrogen-bond acceptors (Lipinski definition) is 3. The van der Waals surface area contributed by atoms with E-state index in [0.29, 0.717) is 11.3 Å². The van der Waals surface area contributed by atoms with E-state index in [1.54, 1.807) is 18.2 Å². The molecule has 0 saturated carbocycles. The van der Waals surface area contributed by atoms with Gasteiger partial charge in [-0.25, -0.2) is 0 Å². The highest BCUT2D eigenvalue weighted by atomic mass is 16.1. The molecule has 0 atom stereocenters. The summed E-state index contributed by atoms with van der Waals surface area (Å²) < 4.78 is 0. The van der Waals surface area contributed by atoms with Gasteiger partial charge in [0.2, 0.25) is 0 Å². The normalized spacial score (nSPS) is 17.6. The van der Waals surface area contributed by atoms with E-state index < -0.39 is 0 Å². The molecule has 1 heterocycles. The van der Waals surface area contributed by atoms with Crippen LogP contribution < -0.4 is 11.1 Å². The van der Waals surface area contributed by atoms with E-state index in [1.807, 2.05) is 30.3 Å². The summed E-state index contributed by atoms with van der Waals surface area (Å²) in [4.78, 5) is 12.6. The highest BCUT2D eigenvalue weighted by Gasteiger charge is 2.27. The molecule has 0 unspecified atom stereocenters. The maximum Gasteiger partial charge on any atom is 0.189 e. The number of carbonyl (C=O) groups excluding carboxylic acids is 1. The smallest absolute Gasteiger partial charge is 0.189 e. The molecule has 3 nitrogen and oxygen atoms in total. The fourth-order valence-electron chi connectivity index (χ4n) is 2.93. The molecule has 3 heteroatoms. The molecular formula is C19H20N2O. The van der Waals surface area contributed by atoms with E-state index in [0.717, 1.165) is 17.7 Å². The molecule has 112 valence electrons. The van der Waals surface area contributed by atoms with Crippen molar-refractivity contribution >= 4 is 17.2 Å². The van der Waals surface area contributed by atoms with Crippen LogP contribution in [0.5, 0.6) is 0 Å². The van der Waals surface area contributed by atoms with Gasteiger partial charge in [-0.1, -0.05) is 36.4 Å². The number of allylic oxidation sites excluding steroid dienone is 1. The number of hydrogen-bond donors (Lipinski definition) is 2. The topological polar surface area (TPSA) is 55.1 Å². The van der Waals surface area contributed by atoms with Crippen LogP contribution in [0.4, 0.5) is 5.69 Å². The predicted molar refractivity (Wildman–Crippen MR) is 90.5 cm³/mol. The summed E-state index contributed by atoms with van der Waals surface area (Å²) in [6.07, 6.45) is 2.59. The third-order valence-corrected chi connectivity index (χ3v) is 3.91. The Bertz CT molecular complexity index is 760. The third kappa shape index (κ3) is 2.75. The summed E-state index contributed by atoms with van der Waals surface area (Å²) in [6, 6.07) is 15.4. The number of benzene rings is 2. The van der Waals surface area contributed by atoms with Gasteiger partial charge in [0, 0.05) is 34.1 Å². The van der Waals surface area contributed by atoms with Crippen molar-refractivity contribution in [3.8, 4) is 0 Å². The highest BCUT2D eigenvalue weighted by Crippen LogP contribution is 2.29. The molecule has 2 aromatic carbocycles. The summed E-state index contributed by atoms with van der Waals surface area (Å²) in [5.74, 6) is -0.0758. The van der Waals surface area contributed by atoms with Crippen molar-refractivity contribution in [3.05, 3.63) is 71.3 Å². The Hall–Kier alpha value is -2.55. The minimum atomic E-state index is -0.0807. The summed E-state index contributed by atoms with van der Waals surface area (Å²) in [5.41, 5.74) is 10.1. The lowest BCUT2D eigenvalue weighted by Crippen LogP contribution is -2.43. The van der Waals surface area contributed by atoms with Crippen molar-refractivity contribution in [1.82, 2.24) is 5.32 Å². The molecule has 2 aromatic rings. The first-order valence-electron chi connectivity index (χ1n) is 7.43. The van der Waals surface area contributed by atoms with E-state index in [2.05, 4.69) is 25.2 Å². The van der Waals surface area contributed by atoms with E-state index >= 15 is 0 Å². The molecule has 0 bridgehead atoms. The molecule has 3 N–H and O–H groups in total. The van der Waals surface area contributed by atoms with Gasteiger partial charge in [0.15, 0.2) is 5.78 Å². The van der Waals surface area contributed by atoms with Crippen molar-refractivity contribution < 1.29 is 4.79 Å². The maximum absolute atomic E-state index is 12.6. The van der Waals surface area contributed by atoms with Crippen LogP contribution in [-0.4, -0.2) is 11.3 Å². The van der Waals surface area contributed by atoms with Gasteiger partial charge in [0.25, 0.3) is 0 Å². The summed E-state index contributed by atoms with van der Waals surface area (Å²) in [6.45, 7) is 4.27. The van der Waals surface area contributed by atoms with Crippen molar-refractivity contribution in [2.24, 2.45) is 0 Å². The lowest BCUT2D eigenvalue weighted by Gasteiger charge is -2.35. The van der Waals surface area contributed by atoms with Crippen molar-refractivity contribution in [3.63, 3.8) is 0 Å². The van der Waals surface area contributed by atoms with Gasteiger partial charge in [-0.15, -0.1) is 0 Å². The first-order chi connectivity index (χ1) is 10.5. The largest absolute Gasteiger partial charge is 0.398 e. The monoisotopic (exact) mass is 292 g/mol. The summed E-state index contributed by atoms with van der Waals surface area (Å²) in [7, 11) is 0. The fourth-order valence-corrected chi connectivity index (χ4v) is 2.93. The van der Waals surface area contributed by atoms with Crippen molar-refractivity contribution in [1.29, 1.82) is 0 Å². The zero-order valence-corrected chi connectivity index (χ0v) is 12.9. The molecule has 3 rings (SSSR count). The zero-order valence-electron chi connectivity index (χ0n) is 12.9. The summed E-state index contributed by atoms with van der Waals surface area (Å²) >= 11 is 0. The third-order valence-electron chi connectivity index (χ3n) is 3.91. The average Bonchev–Trinajstić information content (AvgIpc) is 2.46. The minimum Gasteiger partial charge on any atom is -0.398 e. The van der Waals surface area contributed by atoms with E-state index in [9.17, 15) is 4.79 Å². The summed E-state index contributed by atoms with van der Waals surface area (Å²) in [5, 5.41) is 3.47. The molecule has 0 amide bonds. The molecular weight excluding hydrogens is 272 g/mol. The van der Waals surface area contributed by atoms with Gasteiger partial charge in [0.05, 0.1) is 0 Å². The first kappa shape index (κ1) is 14.4. The van der Waals surface area contributed by atoms with E-state index in [1.165, 1.54) is 5.56 Å². The second-order valence-corrected chi connectivity index (χ2v) is 6.35. The van der Waals surface area contributed by atoms with Crippen LogP contribution in [0.1, 0.15) is 35.3 Å². The van der Waals surface area contributed by atoms with Gasteiger partial charge >= 0.3 is 0 Å². The second-order valence-electron chi connectivity index (χ2n) is 6.35. The van der Waals surface area contributed by atoms with Crippen LogP contribution in [0.25, 0.3) is 5.70 Å². The van der Waals surface area contributed by atoms with Gasteiger partial charge in [0.1, 0.15) is 0 Å². The van der Waals surface area contributed by atoms with Crippen LogP contribution in [0.15, 0.2) is 54.6 Å². The number of nitrogens with two attached hydrogens (primary N) is 1. The Morgan fingerprint density at radius 1 is 1.14 bits per heavy atom. The number of para-hydroxylation sites is 1. The Labute approximate surface area is 130 Å². The molecule has 1 aliphatic rings. The lowest BCUT2D eigenvalue weighted by molar-refractivity contribution is 0.104. The fraction of sp³-hybridized carbons (Fsp3) is 0.211. The maximum atomic E-state index is 12.6. The number of rotatable bonds is 2. The van der Waals surface area contributed by atoms with Crippen LogP contribution in [0, 0.1) is 0 Å². The number of carbonyl (C=O) groups is 1. The standard InChI is InChI=1S/C19H20N2O/c1-19(2)12-13-7-3-4-8-14(13)17(21-19)11-18(22)15-9-5-6-10-16(15)20/h3-11,21H,12,20H2,1-2H3/b17-11-. The number of nitrogen functional groups attached to an aromatic ring is 1. The van der Waals surface area contributed by atoms with Crippen molar-refractivity contribution in [2.75, 3.05) is 5.73 Å². The second kappa shape index (κ2) is 5.34. The molecule has 0 radical (unpaired) electrons. The SMILES string of the molecule is CC1(C)Cc2ccccc2/C(=C/C(=O)c2ccccc2N)N1. The van der Waals surface area contributed by atoms with Crippen LogP contribution in [0.2, 0.25) is 0 Å². The number of nitrogens with one attached hydrogen (secondary N) is 1. The lowest BCUT2D eigenvalue weighted by atomic mass is 9.85. The Morgan fingerprint density at radius 3 is 2.59 bits per heavy atom. The molecule has 0 saturated heterocycles. The molecule has 0 fully saturated rings. The Kier molecular flexibility index (Phi) is 3.49. The molecule has 0 aromatic heterocycles. The number of fused-ring (bicyclic) bond motifs is 1. The van der Waals surface area contributed by atoms with E-state index in [-0.39, 0.29) is 11.3 Å². The van der Waals surface area contributed by atoms with Gasteiger partial charge in [-0.3, -0.25) is 4.79 Å². The van der Waals surface area contributed by atoms with Gasteiger partial charge in [-0.2, -0.15) is 0 Å². The minimum absolute atomic E-state index is 0.0758. The average molecular weight is 292 g/mol. The van der Waals surface area contributed by atoms with Gasteiger partial charge in [-0.05, 0) is 38.0 Å². The molecule has 1 aliphatic heterocycles. The molecule has 22 heavy (non-hydrogen) atoms. The van der Waals surface area contributed by atoms with Crippen LogP contribution >= 0.6 is 0 Å². The number of anilines is 1. The quantitative estimate of drug-likeness (QED) is 0.506. The van der Waals surface area contributed by atoms with Crippen molar-refractivity contribution in [2.45, 2.75) is 25.8 Å². The Morgan fingerprint density at radius 2 is 1.82 bits per heavy atom. The molecule has 0 spiro atoms. The zero-order chi connectivity index (χ0) is 15.7. The number of ketones is 1. The van der Waals surface area contributed by atoms with Crippen LogP contribution in [-0.2, 0) is 6.42 Å².